The molecule has 4 saturated heterocycles. The number of aliphatic hydroxyl groups excluding tert-OH is 9. The van der Waals surface area contributed by atoms with Crippen molar-refractivity contribution in [2.75, 3.05) is 20.3 Å². The Bertz CT molecular complexity index is 2680. The molecule has 0 radical (unpaired) electrons. The van der Waals surface area contributed by atoms with Gasteiger partial charge in [-0.1, -0.05) is 6.07 Å². The van der Waals surface area contributed by atoms with Crippen molar-refractivity contribution < 1.29 is 123 Å². The summed E-state index contributed by atoms with van der Waals surface area (Å²) in [7, 11) is 1.30. The molecule has 0 aliphatic carbocycles. The van der Waals surface area contributed by atoms with Crippen LogP contribution < -0.4 is 14.9 Å². The van der Waals surface area contributed by atoms with Crippen LogP contribution in [0.4, 0.5) is 0 Å². The van der Waals surface area contributed by atoms with Crippen LogP contribution in [0.5, 0.6) is 34.5 Å². The number of phenols is 4. The lowest BCUT2D eigenvalue weighted by atomic mass is 9.97. The van der Waals surface area contributed by atoms with E-state index in [1.165, 1.54) is 69.5 Å². The number of methoxy groups -OCH3 is 1. The van der Waals surface area contributed by atoms with Crippen LogP contribution in [0.3, 0.4) is 0 Å². The van der Waals surface area contributed by atoms with Gasteiger partial charge in [0.2, 0.25) is 17.5 Å². The van der Waals surface area contributed by atoms with Crippen LogP contribution in [-0.2, 0) is 42.7 Å². The number of ether oxygens (including phenoxy) is 10. The van der Waals surface area contributed by atoms with Crippen LogP contribution in [0.25, 0.3) is 28.4 Å². The number of hydrogen-bond donors (Lipinski definition) is 13. The third kappa shape index (κ3) is 11.3. The number of fused-ring (bicyclic) bond motifs is 1. The minimum absolute atomic E-state index is 0.0572. The van der Waals surface area contributed by atoms with E-state index in [9.17, 15) is 76.0 Å². The molecule has 3 aromatic carbocycles. The Morgan fingerprint density at radius 2 is 1.34 bits per heavy atom. The molecule has 5 heterocycles. The van der Waals surface area contributed by atoms with E-state index in [-0.39, 0.29) is 28.4 Å². The zero-order chi connectivity index (χ0) is 53.4. The zero-order valence-corrected chi connectivity index (χ0v) is 39.4. The predicted molar refractivity (Wildman–Crippen MR) is 244 cm³/mol. The molecule has 4 aliphatic heterocycles. The van der Waals surface area contributed by atoms with Crippen LogP contribution in [0.2, 0.25) is 0 Å². The van der Waals surface area contributed by atoms with E-state index >= 15 is 0 Å². The number of aromatic hydroxyl groups is 4. The van der Waals surface area contributed by atoms with Crippen LogP contribution in [0.1, 0.15) is 19.4 Å². The molecule has 74 heavy (non-hydrogen) atoms. The molecule has 4 aromatic rings. The number of esters is 1. The van der Waals surface area contributed by atoms with Crippen molar-refractivity contribution in [2.24, 2.45) is 0 Å². The Kier molecular flexibility index (Phi) is 16.6. The molecule has 26 heteroatoms. The first-order chi connectivity index (χ1) is 35.1. The molecule has 4 fully saturated rings. The Labute approximate surface area is 418 Å². The maximum Gasteiger partial charge on any atom is 0.331 e. The van der Waals surface area contributed by atoms with Gasteiger partial charge in [-0.15, -0.1) is 0 Å². The maximum atomic E-state index is 14.5. The number of carbonyl (C=O) groups excluding carboxylic acids is 1. The Morgan fingerprint density at radius 3 is 2.05 bits per heavy atom. The van der Waals surface area contributed by atoms with E-state index in [0.717, 1.165) is 18.2 Å². The highest BCUT2D eigenvalue weighted by Crippen LogP contribution is 2.40. The summed E-state index contributed by atoms with van der Waals surface area (Å²) in [5.41, 5.74) is -1.06. The Balaban J connectivity index is 1.18. The van der Waals surface area contributed by atoms with Gasteiger partial charge in [-0.25, -0.2) is 4.79 Å². The average molecular weight is 1050 g/mol. The van der Waals surface area contributed by atoms with Crippen molar-refractivity contribution in [2.45, 2.75) is 131 Å². The van der Waals surface area contributed by atoms with Gasteiger partial charge in [-0.05, 0) is 61.9 Å². The van der Waals surface area contributed by atoms with Crippen LogP contribution >= 0.6 is 0 Å². The minimum atomic E-state index is -2.20. The van der Waals surface area contributed by atoms with Gasteiger partial charge in [0.1, 0.15) is 95.4 Å². The third-order valence-electron chi connectivity index (χ3n) is 12.8. The highest BCUT2D eigenvalue weighted by molar-refractivity contribution is 5.88. The van der Waals surface area contributed by atoms with Gasteiger partial charge in [-0.3, -0.25) is 4.79 Å². The fourth-order valence-corrected chi connectivity index (χ4v) is 8.66. The molecule has 0 spiro atoms. The van der Waals surface area contributed by atoms with E-state index in [4.69, 9.17) is 51.8 Å². The van der Waals surface area contributed by atoms with Crippen molar-refractivity contribution in [3.63, 3.8) is 0 Å². The van der Waals surface area contributed by atoms with Crippen molar-refractivity contribution >= 4 is 23.0 Å². The van der Waals surface area contributed by atoms with E-state index in [1.807, 2.05) is 0 Å². The average Bonchev–Trinajstić information content (AvgIpc) is 3.36. The Morgan fingerprint density at radius 1 is 0.662 bits per heavy atom. The number of phenolic OH excluding ortho intramolecular Hbond substituents is 4. The molecule has 404 valence electrons. The lowest BCUT2D eigenvalue weighted by molar-refractivity contribution is -0.365. The number of benzene rings is 3. The largest absolute Gasteiger partial charge is 0.508 e. The number of hydrogen-bond acceptors (Lipinski definition) is 26. The van der Waals surface area contributed by atoms with Crippen LogP contribution in [0.15, 0.2) is 69.9 Å². The summed E-state index contributed by atoms with van der Waals surface area (Å²) in [4.78, 5) is 28.3. The molecular formula is C48H56O26. The summed E-state index contributed by atoms with van der Waals surface area (Å²) in [6.45, 7) is 1.35. The van der Waals surface area contributed by atoms with Crippen molar-refractivity contribution in [3.05, 3.63) is 76.5 Å². The molecule has 26 nitrogen and oxygen atoms in total. The van der Waals surface area contributed by atoms with E-state index in [0.29, 0.717) is 5.56 Å². The zero-order valence-electron chi connectivity index (χ0n) is 39.4. The van der Waals surface area contributed by atoms with Gasteiger partial charge >= 0.3 is 5.97 Å². The number of carbonyl (C=O) groups is 1. The van der Waals surface area contributed by atoms with E-state index in [2.05, 4.69) is 0 Å². The summed E-state index contributed by atoms with van der Waals surface area (Å²) < 4.78 is 64.1. The normalized spacial score (nSPS) is 35.6. The fraction of sp³-hybridized carbons (Fsp3) is 0.500. The second-order valence-corrected chi connectivity index (χ2v) is 17.9. The van der Waals surface area contributed by atoms with Gasteiger partial charge in [0.05, 0.1) is 32.5 Å². The summed E-state index contributed by atoms with van der Waals surface area (Å²) in [5.74, 6) is -3.95. The van der Waals surface area contributed by atoms with Crippen LogP contribution in [-0.4, -0.2) is 209 Å². The van der Waals surface area contributed by atoms with Crippen molar-refractivity contribution in [3.8, 4) is 45.8 Å². The second kappa shape index (κ2) is 22.6. The first-order valence-electron chi connectivity index (χ1n) is 23.0. The molecule has 1 aromatic heterocycles. The quantitative estimate of drug-likeness (QED) is 0.0475. The standard InChI is InChI=1S/C48H56O26/c1-17-31(55)35(59)37(61)47(68-17)74-44-38(62)41(71-29(54)11-5-19-4-10-23(51)26(12-19)64-3)28(16-66-46-39(63)42(32(56)18(2)67-46)72-45-36(60)33(57)25(53)15-65-45)70-48(44)73-43-34(58)30-24(52)13-22(50)14-27(30)69-40(43)20-6-8-21(49)9-7-20/h4-14,17-18,25,28,31-33,35-39,41-42,44-53,55-57,59-63H,15-16H2,1-3H3. The molecular weight excluding hydrogens is 993 g/mol. The Hall–Kier alpha value is -5.76. The molecule has 13 N–H and O–H groups in total. The van der Waals surface area contributed by atoms with Crippen molar-refractivity contribution in [1.82, 2.24) is 0 Å². The number of rotatable bonds is 14. The second-order valence-electron chi connectivity index (χ2n) is 17.9. The van der Waals surface area contributed by atoms with Gasteiger partial charge in [0.25, 0.3) is 0 Å². The van der Waals surface area contributed by atoms with Crippen LogP contribution in [0, 0.1) is 0 Å². The highest BCUT2D eigenvalue weighted by Gasteiger charge is 2.55. The maximum absolute atomic E-state index is 14.5. The fourth-order valence-electron chi connectivity index (χ4n) is 8.66. The summed E-state index contributed by atoms with van der Waals surface area (Å²) in [5, 5.41) is 139. The lowest BCUT2D eigenvalue weighted by Crippen LogP contribution is -2.66. The molecule has 19 unspecified atom stereocenters. The monoisotopic (exact) mass is 1050 g/mol. The number of aliphatic hydroxyl groups is 9. The highest BCUT2D eigenvalue weighted by atomic mass is 16.8. The van der Waals surface area contributed by atoms with E-state index < -0.39 is 170 Å². The molecule has 19 atom stereocenters. The molecule has 0 saturated carbocycles. The van der Waals surface area contributed by atoms with Gasteiger partial charge in [-0.2, -0.15) is 0 Å². The summed E-state index contributed by atoms with van der Waals surface area (Å²) in [6.07, 6.45) is -31.6. The predicted octanol–water partition coefficient (Wildman–Crippen LogP) is -2.10. The van der Waals surface area contributed by atoms with Crippen molar-refractivity contribution in [1.29, 1.82) is 0 Å². The van der Waals surface area contributed by atoms with Gasteiger partial charge in [0.15, 0.2) is 48.3 Å². The minimum Gasteiger partial charge on any atom is -0.508 e. The summed E-state index contributed by atoms with van der Waals surface area (Å²) in [6, 6.07) is 11.0. The molecule has 8 rings (SSSR count). The molecule has 0 bridgehead atoms. The SMILES string of the molecule is COc1cc(C=CC(=O)OC2C(COC3OC(C)C(O)C(OC4OCC(O)C(O)C4O)C3O)OC(Oc3c(-c4ccc(O)cc4)oc4cc(O)cc(O)c4c3=O)C(OC3OC(C)C(O)C(O)C3O)C2O)ccc1O. The first kappa shape index (κ1) is 54.5. The topological polar surface area (TPSA) is 403 Å². The molecule has 0 amide bonds. The molecule has 4 aliphatic rings. The van der Waals surface area contributed by atoms with E-state index in [1.54, 1.807) is 0 Å². The van der Waals surface area contributed by atoms with Gasteiger partial charge < -0.3 is 118 Å². The summed E-state index contributed by atoms with van der Waals surface area (Å²) >= 11 is 0. The first-order valence-corrected chi connectivity index (χ1v) is 23.0. The van der Waals surface area contributed by atoms with Gasteiger partial charge in [0, 0.05) is 23.8 Å². The lowest BCUT2D eigenvalue weighted by Gasteiger charge is -2.47. The smallest absolute Gasteiger partial charge is 0.331 e. The third-order valence-corrected chi connectivity index (χ3v) is 12.8.